The maximum Gasteiger partial charge on any atom is 0.319 e. The van der Waals surface area contributed by atoms with Crippen LogP contribution in [0.25, 0.3) is 0 Å². The summed E-state index contributed by atoms with van der Waals surface area (Å²) >= 11 is 0. The topological polar surface area (TPSA) is 53.2 Å². The van der Waals surface area contributed by atoms with Gasteiger partial charge >= 0.3 is 6.03 Å². The SMILES string of the molecule is Cc1ccc(C(c2ccc(C)cc2)C2C[C@@H](NC(=O)Nc3ccccc3)CN2)cc1. The lowest BCUT2D eigenvalue weighted by atomic mass is 9.83. The van der Waals surface area contributed by atoms with Gasteiger partial charge in [-0.1, -0.05) is 77.9 Å². The van der Waals surface area contributed by atoms with E-state index in [0.29, 0.717) is 0 Å². The lowest BCUT2D eigenvalue weighted by molar-refractivity contribution is 0.249. The van der Waals surface area contributed by atoms with Crippen molar-refractivity contribution in [1.29, 1.82) is 0 Å². The number of carbonyl (C=O) groups is 1. The molecule has 1 aliphatic heterocycles. The van der Waals surface area contributed by atoms with E-state index in [1.807, 2.05) is 30.3 Å². The fourth-order valence-corrected chi connectivity index (χ4v) is 4.21. The highest BCUT2D eigenvalue weighted by molar-refractivity contribution is 5.89. The van der Waals surface area contributed by atoms with Crippen LogP contribution in [0.4, 0.5) is 10.5 Å². The molecule has 4 heteroatoms. The van der Waals surface area contributed by atoms with Crippen molar-refractivity contribution >= 4 is 11.7 Å². The van der Waals surface area contributed by atoms with E-state index < -0.39 is 0 Å². The molecule has 1 unspecified atom stereocenters. The van der Waals surface area contributed by atoms with Gasteiger partial charge in [-0.05, 0) is 43.5 Å². The van der Waals surface area contributed by atoms with Crippen LogP contribution in [0.5, 0.6) is 0 Å². The Morgan fingerprint density at radius 2 is 1.43 bits per heavy atom. The van der Waals surface area contributed by atoms with Crippen molar-refractivity contribution in [2.75, 3.05) is 11.9 Å². The Hall–Kier alpha value is -3.11. The Kier molecular flexibility index (Phi) is 6.15. The van der Waals surface area contributed by atoms with Gasteiger partial charge in [0.05, 0.1) is 0 Å². The molecule has 0 bridgehead atoms. The van der Waals surface area contributed by atoms with E-state index in [0.717, 1.165) is 18.7 Å². The lowest BCUT2D eigenvalue weighted by Crippen LogP contribution is -2.39. The minimum absolute atomic E-state index is 0.0945. The van der Waals surface area contributed by atoms with Crippen LogP contribution in [0.1, 0.15) is 34.6 Å². The second kappa shape index (κ2) is 9.14. The molecule has 3 aromatic rings. The predicted molar refractivity (Wildman–Crippen MR) is 123 cm³/mol. The molecule has 1 heterocycles. The average molecular weight is 400 g/mol. The molecule has 0 saturated carbocycles. The summed E-state index contributed by atoms with van der Waals surface area (Å²) in [5.41, 5.74) is 5.93. The molecule has 1 aliphatic rings. The molecule has 30 heavy (non-hydrogen) atoms. The number of anilines is 1. The molecular formula is C26H29N3O. The third-order valence-corrected chi connectivity index (χ3v) is 5.81. The summed E-state index contributed by atoms with van der Waals surface area (Å²) in [6.07, 6.45) is 0.884. The van der Waals surface area contributed by atoms with Gasteiger partial charge in [0.25, 0.3) is 0 Å². The van der Waals surface area contributed by atoms with E-state index in [2.05, 4.69) is 78.3 Å². The molecule has 1 saturated heterocycles. The van der Waals surface area contributed by atoms with E-state index in [1.54, 1.807) is 0 Å². The monoisotopic (exact) mass is 399 g/mol. The number of urea groups is 1. The third kappa shape index (κ3) is 4.89. The standard InChI is InChI=1S/C26H29N3O/c1-18-8-12-20(13-9-18)25(21-14-10-19(2)11-15-21)24-16-23(17-27-24)29-26(30)28-22-6-4-3-5-7-22/h3-15,23-25,27H,16-17H2,1-2H3,(H2,28,29,30)/t23-,24?/m1/s1. The third-order valence-electron chi connectivity index (χ3n) is 5.81. The molecule has 2 atom stereocenters. The molecule has 154 valence electrons. The highest BCUT2D eigenvalue weighted by Gasteiger charge is 2.33. The van der Waals surface area contributed by atoms with Crippen LogP contribution in [-0.2, 0) is 0 Å². The summed E-state index contributed by atoms with van der Waals surface area (Å²) in [7, 11) is 0. The van der Waals surface area contributed by atoms with Gasteiger partial charge < -0.3 is 16.0 Å². The van der Waals surface area contributed by atoms with Gasteiger partial charge in [-0.15, -0.1) is 0 Å². The smallest absolute Gasteiger partial charge is 0.319 e. The lowest BCUT2D eigenvalue weighted by Gasteiger charge is -2.25. The first-order valence-electron chi connectivity index (χ1n) is 10.6. The molecule has 4 nitrogen and oxygen atoms in total. The van der Waals surface area contributed by atoms with Crippen molar-refractivity contribution in [2.24, 2.45) is 0 Å². The maximum absolute atomic E-state index is 12.4. The molecule has 4 rings (SSSR count). The van der Waals surface area contributed by atoms with E-state index in [-0.39, 0.29) is 24.0 Å². The summed E-state index contributed by atoms with van der Waals surface area (Å²) in [5.74, 6) is 0.246. The van der Waals surface area contributed by atoms with Crippen LogP contribution < -0.4 is 16.0 Å². The number of amides is 2. The zero-order valence-corrected chi connectivity index (χ0v) is 17.6. The Bertz CT molecular complexity index is 922. The van der Waals surface area contributed by atoms with E-state index in [4.69, 9.17) is 0 Å². The zero-order chi connectivity index (χ0) is 20.9. The van der Waals surface area contributed by atoms with E-state index in [9.17, 15) is 4.79 Å². The number of aryl methyl sites for hydroxylation is 2. The predicted octanol–water partition coefficient (Wildman–Crippen LogP) is 4.99. The van der Waals surface area contributed by atoms with Gasteiger partial charge in [0.15, 0.2) is 0 Å². The molecule has 3 aromatic carbocycles. The highest BCUT2D eigenvalue weighted by atomic mass is 16.2. The number of carbonyl (C=O) groups excluding carboxylic acids is 1. The number of hydrogen-bond donors (Lipinski definition) is 3. The van der Waals surface area contributed by atoms with Crippen LogP contribution in [-0.4, -0.2) is 24.7 Å². The van der Waals surface area contributed by atoms with Gasteiger partial charge in [0.1, 0.15) is 0 Å². The van der Waals surface area contributed by atoms with Crippen molar-refractivity contribution in [3.05, 3.63) is 101 Å². The second-order valence-corrected chi connectivity index (χ2v) is 8.21. The minimum Gasteiger partial charge on any atom is -0.334 e. The summed E-state index contributed by atoms with van der Waals surface area (Å²) in [4.78, 5) is 12.4. The first-order chi connectivity index (χ1) is 14.6. The quantitative estimate of drug-likeness (QED) is 0.566. The Labute approximate surface area is 178 Å². The molecule has 0 spiro atoms. The van der Waals surface area contributed by atoms with Crippen molar-refractivity contribution in [3.8, 4) is 0 Å². The van der Waals surface area contributed by atoms with Crippen molar-refractivity contribution in [2.45, 2.75) is 38.3 Å². The number of hydrogen-bond acceptors (Lipinski definition) is 2. The number of rotatable bonds is 5. The summed E-state index contributed by atoms with van der Waals surface area (Å²) in [6, 6.07) is 27.3. The first-order valence-corrected chi connectivity index (χ1v) is 10.6. The summed E-state index contributed by atoms with van der Waals surface area (Å²) in [6.45, 7) is 4.99. The van der Waals surface area contributed by atoms with Gasteiger partial charge in [0, 0.05) is 30.2 Å². The van der Waals surface area contributed by atoms with Crippen LogP contribution >= 0.6 is 0 Å². The fourth-order valence-electron chi connectivity index (χ4n) is 4.21. The van der Waals surface area contributed by atoms with Crippen LogP contribution in [0, 0.1) is 13.8 Å². The second-order valence-electron chi connectivity index (χ2n) is 8.21. The van der Waals surface area contributed by atoms with Gasteiger partial charge in [-0.25, -0.2) is 4.79 Å². The molecule has 0 aliphatic carbocycles. The number of nitrogens with one attached hydrogen (secondary N) is 3. The van der Waals surface area contributed by atoms with E-state index in [1.165, 1.54) is 22.3 Å². The van der Waals surface area contributed by atoms with Gasteiger partial charge in [-0.2, -0.15) is 0 Å². The van der Waals surface area contributed by atoms with Gasteiger partial charge in [0.2, 0.25) is 0 Å². The van der Waals surface area contributed by atoms with Crippen molar-refractivity contribution in [1.82, 2.24) is 10.6 Å². The Morgan fingerprint density at radius 1 is 0.867 bits per heavy atom. The van der Waals surface area contributed by atoms with E-state index >= 15 is 0 Å². The Morgan fingerprint density at radius 3 is 2.00 bits per heavy atom. The molecule has 1 fully saturated rings. The largest absolute Gasteiger partial charge is 0.334 e. The average Bonchev–Trinajstić information content (AvgIpc) is 3.19. The number of para-hydroxylation sites is 1. The normalized spacial score (nSPS) is 18.4. The molecule has 2 amide bonds. The van der Waals surface area contributed by atoms with Crippen molar-refractivity contribution in [3.63, 3.8) is 0 Å². The van der Waals surface area contributed by atoms with Crippen molar-refractivity contribution < 1.29 is 4.79 Å². The fraction of sp³-hybridized carbons (Fsp3) is 0.269. The van der Waals surface area contributed by atoms with Crippen LogP contribution in [0.2, 0.25) is 0 Å². The number of benzene rings is 3. The molecule has 0 aromatic heterocycles. The van der Waals surface area contributed by atoms with Crippen LogP contribution in [0.3, 0.4) is 0 Å². The summed E-state index contributed by atoms with van der Waals surface area (Å²) in [5, 5.41) is 9.69. The molecule has 3 N–H and O–H groups in total. The highest BCUT2D eigenvalue weighted by Crippen LogP contribution is 2.32. The summed E-state index contributed by atoms with van der Waals surface area (Å²) < 4.78 is 0. The maximum atomic E-state index is 12.4. The molecular weight excluding hydrogens is 370 g/mol. The van der Waals surface area contributed by atoms with Crippen LogP contribution in [0.15, 0.2) is 78.9 Å². The zero-order valence-electron chi connectivity index (χ0n) is 17.6. The molecule has 0 radical (unpaired) electrons. The van der Waals surface area contributed by atoms with Gasteiger partial charge in [-0.3, -0.25) is 0 Å². The first kappa shape index (κ1) is 20.2. The Balaban J connectivity index is 1.47. The minimum atomic E-state index is -0.157.